The molecule has 0 saturated carbocycles. The van der Waals surface area contributed by atoms with E-state index in [9.17, 15) is 4.79 Å². The zero-order valence-electron chi connectivity index (χ0n) is 14.0. The third-order valence-corrected chi connectivity index (χ3v) is 5.38. The lowest BCUT2D eigenvalue weighted by atomic mass is 10.1. The summed E-state index contributed by atoms with van der Waals surface area (Å²) in [6.07, 6.45) is 5.25. The van der Waals surface area contributed by atoms with E-state index in [-0.39, 0.29) is 17.6 Å². The van der Waals surface area contributed by atoms with E-state index in [0.717, 1.165) is 21.7 Å². The number of carbonyl (C=O) groups excluding carboxylic acids is 1. The Morgan fingerprint density at radius 1 is 1.20 bits per heavy atom. The molecule has 0 bridgehead atoms. The smallest absolute Gasteiger partial charge is 0.263 e. The molecule has 2 unspecified atom stereocenters. The number of anilines is 1. The predicted molar refractivity (Wildman–Crippen MR) is 100 cm³/mol. The van der Waals surface area contributed by atoms with Crippen LogP contribution in [0.25, 0.3) is 6.08 Å². The highest BCUT2D eigenvalue weighted by molar-refractivity contribution is 8.05. The maximum atomic E-state index is 12.9. The third kappa shape index (κ3) is 3.02. The molecular weight excluding hydrogens is 334 g/mol. The molecule has 2 aliphatic rings. The quantitative estimate of drug-likeness (QED) is 0.825. The van der Waals surface area contributed by atoms with Gasteiger partial charge in [0.05, 0.1) is 4.91 Å². The van der Waals surface area contributed by atoms with Gasteiger partial charge in [-0.1, -0.05) is 30.0 Å². The fraction of sp³-hybridized carbons (Fsp3) is 0.222. The number of benzene rings is 1. The lowest BCUT2D eigenvalue weighted by molar-refractivity contribution is -0.127. The average molecular weight is 353 g/mol. The molecular formula is C18H19N5OS. The van der Waals surface area contributed by atoms with Gasteiger partial charge in [0.1, 0.15) is 11.7 Å². The van der Waals surface area contributed by atoms with Gasteiger partial charge in [-0.15, -0.1) is 0 Å². The van der Waals surface area contributed by atoms with E-state index in [2.05, 4.69) is 32.9 Å². The zero-order valence-corrected chi connectivity index (χ0v) is 14.8. The van der Waals surface area contributed by atoms with Crippen molar-refractivity contribution in [3.63, 3.8) is 0 Å². The number of hydrogen-bond acceptors (Lipinski definition) is 6. The maximum Gasteiger partial charge on any atom is 0.263 e. The lowest BCUT2D eigenvalue weighted by Crippen LogP contribution is -2.32. The number of rotatable bonds is 3. The van der Waals surface area contributed by atoms with Crippen molar-refractivity contribution in [2.75, 3.05) is 19.0 Å². The summed E-state index contributed by atoms with van der Waals surface area (Å²) in [5.74, 6) is 0.0260. The third-order valence-electron chi connectivity index (χ3n) is 4.27. The Bertz CT molecular complexity index is 806. The summed E-state index contributed by atoms with van der Waals surface area (Å²) in [5, 5.41) is 0. The van der Waals surface area contributed by atoms with E-state index in [1.165, 1.54) is 11.8 Å². The topological polar surface area (TPSA) is 60.5 Å². The van der Waals surface area contributed by atoms with Gasteiger partial charge in [-0.2, -0.15) is 0 Å². The number of nitrogens with zero attached hydrogens (tertiary/aromatic N) is 3. The highest BCUT2D eigenvalue weighted by Gasteiger charge is 2.45. The normalized spacial score (nSPS) is 24.0. The number of nitrogens with one attached hydrogen (secondary N) is 2. The van der Waals surface area contributed by atoms with Crippen LogP contribution in [0.5, 0.6) is 0 Å². The van der Waals surface area contributed by atoms with Crippen LogP contribution < -0.4 is 15.8 Å². The van der Waals surface area contributed by atoms with Crippen LogP contribution in [0.15, 0.2) is 53.7 Å². The summed E-state index contributed by atoms with van der Waals surface area (Å²) in [6.45, 7) is 0. The summed E-state index contributed by atoms with van der Waals surface area (Å²) in [4.78, 5) is 21.6. The highest BCUT2D eigenvalue weighted by atomic mass is 32.2. The van der Waals surface area contributed by atoms with Crippen LogP contribution >= 0.6 is 11.8 Å². The molecule has 2 aromatic rings. The largest absolute Gasteiger partial charge is 0.378 e. The van der Waals surface area contributed by atoms with Crippen LogP contribution in [-0.4, -0.2) is 35.4 Å². The predicted octanol–water partition coefficient (Wildman–Crippen LogP) is 2.15. The van der Waals surface area contributed by atoms with Crippen LogP contribution in [0.3, 0.4) is 0 Å². The van der Waals surface area contributed by atoms with Gasteiger partial charge in [0, 0.05) is 37.7 Å². The lowest BCUT2D eigenvalue weighted by Gasteiger charge is -2.20. The van der Waals surface area contributed by atoms with E-state index < -0.39 is 0 Å². The molecule has 3 heterocycles. The minimum atomic E-state index is -0.208. The van der Waals surface area contributed by atoms with E-state index in [0.29, 0.717) is 0 Å². The van der Waals surface area contributed by atoms with Gasteiger partial charge in [0.15, 0.2) is 0 Å². The number of fused-ring (bicyclic) bond motifs is 1. The Labute approximate surface area is 150 Å². The van der Waals surface area contributed by atoms with Crippen molar-refractivity contribution < 1.29 is 4.79 Å². The van der Waals surface area contributed by atoms with E-state index >= 15 is 0 Å². The molecule has 128 valence electrons. The van der Waals surface area contributed by atoms with Crippen LogP contribution in [0, 0.1) is 0 Å². The number of thioether (sulfide) groups is 1. The molecule has 0 spiro atoms. The number of amides is 1. The summed E-state index contributed by atoms with van der Waals surface area (Å²) in [7, 11) is 4.02. The molecule has 1 aromatic heterocycles. The van der Waals surface area contributed by atoms with Gasteiger partial charge in [-0.3, -0.25) is 14.7 Å². The summed E-state index contributed by atoms with van der Waals surface area (Å²) in [6, 6.07) is 12.0. The van der Waals surface area contributed by atoms with Crippen molar-refractivity contribution in [3.05, 3.63) is 64.8 Å². The molecule has 0 aliphatic carbocycles. The first-order valence-corrected chi connectivity index (χ1v) is 8.91. The van der Waals surface area contributed by atoms with Crippen molar-refractivity contribution >= 4 is 29.4 Å². The maximum absolute atomic E-state index is 12.9. The average Bonchev–Trinajstić information content (AvgIpc) is 3.17. The molecule has 25 heavy (non-hydrogen) atoms. The second-order valence-electron chi connectivity index (χ2n) is 6.15. The Hall–Kier alpha value is -2.35. The number of hydrazine groups is 1. The van der Waals surface area contributed by atoms with Crippen molar-refractivity contribution in [1.29, 1.82) is 0 Å². The van der Waals surface area contributed by atoms with E-state index in [1.807, 2.05) is 49.3 Å². The van der Waals surface area contributed by atoms with Gasteiger partial charge in [-0.05, 0) is 29.8 Å². The second kappa shape index (κ2) is 6.51. The van der Waals surface area contributed by atoms with Gasteiger partial charge < -0.3 is 4.90 Å². The summed E-state index contributed by atoms with van der Waals surface area (Å²) < 4.78 is 0. The van der Waals surface area contributed by atoms with Crippen molar-refractivity contribution in [2.45, 2.75) is 11.7 Å². The SMILES string of the molecule is CN(C)c1ccc(C=C2SC3NNC(c4cccnc4)N3C2=O)cc1. The first kappa shape index (κ1) is 16.1. The van der Waals surface area contributed by atoms with Gasteiger partial charge in [0.25, 0.3) is 5.91 Å². The number of pyridine rings is 1. The van der Waals surface area contributed by atoms with Crippen LogP contribution in [-0.2, 0) is 4.79 Å². The van der Waals surface area contributed by atoms with E-state index in [4.69, 9.17) is 0 Å². The fourth-order valence-corrected chi connectivity index (χ4v) is 4.04. The minimum Gasteiger partial charge on any atom is -0.378 e. The Balaban J connectivity index is 1.57. The standard InChI is InChI=1S/C18H19N5OS/c1-22(2)14-7-5-12(6-8-14)10-15-17(24)23-16(20-21-18(23)25-15)13-4-3-9-19-11-13/h3-11,16,18,20-21H,1-2H3. The Morgan fingerprint density at radius 3 is 2.68 bits per heavy atom. The van der Waals surface area contributed by atoms with Crippen LogP contribution in [0.2, 0.25) is 0 Å². The number of aromatic nitrogens is 1. The summed E-state index contributed by atoms with van der Waals surface area (Å²) >= 11 is 1.53. The van der Waals surface area contributed by atoms with Gasteiger partial charge in [0.2, 0.25) is 0 Å². The monoisotopic (exact) mass is 353 g/mol. The first-order valence-electron chi connectivity index (χ1n) is 8.03. The molecule has 0 radical (unpaired) electrons. The number of hydrogen-bond donors (Lipinski definition) is 2. The molecule has 7 heteroatoms. The molecule has 4 rings (SSSR count). The van der Waals surface area contributed by atoms with Crippen molar-refractivity contribution in [3.8, 4) is 0 Å². The van der Waals surface area contributed by atoms with Crippen molar-refractivity contribution in [2.24, 2.45) is 0 Å². The molecule has 1 aromatic carbocycles. The molecule has 1 amide bonds. The Morgan fingerprint density at radius 2 is 2.00 bits per heavy atom. The Kier molecular flexibility index (Phi) is 4.20. The zero-order chi connectivity index (χ0) is 17.4. The molecule has 2 saturated heterocycles. The second-order valence-corrected chi connectivity index (χ2v) is 7.28. The fourth-order valence-electron chi connectivity index (χ4n) is 2.93. The molecule has 2 atom stereocenters. The molecule has 2 N–H and O–H groups in total. The molecule has 2 fully saturated rings. The van der Waals surface area contributed by atoms with Gasteiger partial charge in [-0.25, -0.2) is 10.9 Å². The van der Waals surface area contributed by atoms with Crippen LogP contribution in [0.4, 0.5) is 5.69 Å². The van der Waals surface area contributed by atoms with Crippen LogP contribution in [0.1, 0.15) is 17.3 Å². The first-order chi connectivity index (χ1) is 12.1. The highest BCUT2D eigenvalue weighted by Crippen LogP contribution is 2.41. The van der Waals surface area contributed by atoms with Crippen molar-refractivity contribution in [1.82, 2.24) is 20.7 Å². The molecule has 6 nitrogen and oxygen atoms in total. The number of carbonyl (C=O) groups is 1. The van der Waals surface area contributed by atoms with Gasteiger partial charge >= 0.3 is 0 Å². The van der Waals surface area contributed by atoms with E-state index in [1.54, 1.807) is 12.4 Å². The minimum absolute atomic E-state index is 0.0260. The molecule has 2 aliphatic heterocycles. The summed E-state index contributed by atoms with van der Waals surface area (Å²) in [5.41, 5.74) is 9.36.